The Hall–Kier alpha value is -0.810. The van der Waals surface area contributed by atoms with Crippen LogP contribution in [0.15, 0.2) is 24.3 Å². The number of rotatable bonds is 7. The summed E-state index contributed by atoms with van der Waals surface area (Å²) in [6.07, 6.45) is 8.45. The summed E-state index contributed by atoms with van der Waals surface area (Å²) < 4.78 is 0. The first-order valence-electron chi connectivity index (χ1n) is 10.3. The molecule has 2 fully saturated rings. The fraction of sp³-hybridized carbons (Fsp3) is 0.682. The van der Waals surface area contributed by atoms with Gasteiger partial charge in [0.25, 0.3) is 0 Å². The Morgan fingerprint density at radius 3 is 2.21 bits per heavy atom. The van der Waals surface area contributed by atoms with Crippen LogP contribution in [0, 0.1) is 5.92 Å². The van der Waals surface area contributed by atoms with E-state index in [9.17, 15) is 4.79 Å². The highest BCUT2D eigenvalue weighted by Gasteiger charge is 2.24. The molecule has 1 saturated heterocycles. The van der Waals surface area contributed by atoms with Crippen LogP contribution in [0.5, 0.6) is 0 Å². The maximum absolute atomic E-state index is 10.7. The number of carboxylic acids is 1. The predicted molar refractivity (Wildman–Crippen MR) is 120 cm³/mol. The summed E-state index contributed by atoms with van der Waals surface area (Å²) >= 11 is 0. The topological polar surface area (TPSA) is 52.6 Å². The second-order valence-electron chi connectivity index (χ2n) is 8.29. The molecule has 0 unspecified atom stereocenters. The number of nitrogens with one attached hydrogen (secondary N) is 1. The van der Waals surface area contributed by atoms with Crippen molar-refractivity contribution in [1.82, 2.24) is 10.2 Å². The molecule has 0 bridgehead atoms. The van der Waals surface area contributed by atoms with Crippen LogP contribution < -0.4 is 5.32 Å². The van der Waals surface area contributed by atoms with E-state index in [0.717, 1.165) is 32.0 Å². The number of hydrogen-bond donors (Lipinski definition) is 2. The van der Waals surface area contributed by atoms with Crippen molar-refractivity contribution in [2.75, 3.05) is 20.1 Å². The zero-order valence-electron chi connectivity index (χ0n) is 16.9. The van der Waals surface area contributed by atoms with E-state index in [-0.39, 0.29) is 24.8 Å². The maximum Gasteiger partial charge on any atom is 0.303 e. The minimum absolute atomic E-state index is 0. The summed E-state index contributed by atoms with van der Waals surface area (Å²) in [5.74, 6) is 0.682. The average molecular weight is 431 g/mol. The van der Waals surface area contributed by atoms with Gasteiger partial charge >= 0.3 is 5.97 Å². The van der Waals surface area contributed by atoms with Gasteiger partial charge in [-0.15, -0.1) is 24.8 Å². The largest absolute Gasteiger partial charge is 0.481 e. The number of nitrogens with zero attached hydrogens (tertiary/aromatic N) is 1. The summed E-state index contributed by atoms with van der Waals surface area (Å²) in [6.45, 7) is 3.30. The predicted octanol–water partition coefficient (Wildman–Crippen LogP) is 4.85. The molecule has 0 aromatic heterocycles. The minimum atomic E-state index is -0.655. The van der Waals surface area contributed by atoms with E-state index in [2.05, 4.69) is 41.5 Å². The van der Waals surface area contributed by atoms with Crippen molar-refractivity contribution in [2.24, 2.45) is 5.92 Å². The number of carbonyl (C=O) groups is 1. The Bertz CT molecular complexity index is 568. The number of halogens is 2. The molecule has 1 aromatic rings. The van der Waals surface area contributed by atoms with Gasteiger partial charge in [-0.1, -0.05) is 24.3 Å². The summed E-state index contributed by atoms with van der Waals surface area (Å²) in [5, 5.41) is 12.3. The second-order valence-corrected chi connectivity index (χ2v) is 8.29. The Morgan fingerprint density at radius 1 is 1.04 bits per heavy atom. The van der Waals surface area contributed by atoms with E-state index in [1.165, 1.54) is 49.7 Å². The molecule has 0 spiro atoms. The third-order valence-corrected chi connectivity index (χ3v) is 6.43. The SMILES string of the molecule is CN(Cc1ccc(C2CCNCC2)cc1)[C@H]1CC[C@H](CCC(=O)O)CC1.Cl.Cl. The number of carboxylic acid groups (broad SMARTS) is 1. The van der Waals surface area contributed by atoms with E-state index in [4.69, 9.17) is 5.11 Å². The van der Waals surface area contributed by atoms with Gasteiger partial charge in [0.05, 0.1) is 0 Å². The van der Waals surface area contributed by atoms with Crippen molar-refractivity contribution in [1.29, 1.82) is 0 Å². The van der Waals surface area contributed by atoms with Gasteiger partial charge in [-0.05, 0) is 88.0 Å². The van der Waals surface area contributed by atoms with E-state index >= 15 is 0 Å². The van der Waals surface area contributed by atoms with Crippen molar-refractivity contribution in [2.45, 2.75) is 69.9 Å². The highest BCUT2D eigenvalue weighted by atomic mass is 35.5. The van der Waals surface area contributed by atoms with Crippen LogP contribution in [0.3, 0.4) is 0 Å². The zero-order valence-corrected chi connectivity index (χ0v) is 18.6. The molecule has 2 aliphatic rings. The average Bonchev–Trinajstić information content (AvgIpc) is 2.68. The van der Waals surface area contributed by atoms with E-state index < -0.39 is 5.97 Å². The van der Waals surface area contributed by atoms with Crippen molar-refractivity contribution >= 4 is 30.8 Å². The van der Waals surface area contributed by atoms with E-state index in [1.807, 2.05) is 0 Å². The molecule has 28 heavy (non-hydrogen) atoms. The first kappa shape index (κ1) is 25.2. The first-order chi connectivity index (χ1) is 12.6. The smallest absolute Gasteiger partial charge is 0.303 e. The van der Waals surface area contributed by atoms with Gasteiger partial charge in [0.2, 0.25) is 0 Å². The molecule has 0 atom stereocenters. The van der Waals surface area contributed by atoms with Gasteiger partial charge in [-0.2, -0.15) is 0 Å². The van der Waals surface area contributed by atoms with Crippen LogP contribution in [-0.2, 0) is 11.3 Å². The number of aliphatic carboxylic acids is 1. The monoisotopic (exact) mass is 430 g/mol. The molecule has 3 rings (SSSR count). The summed E-state index contributed by atoms with van der Waals surface area (Å²) in [6, 6.07) is 9.93. The minimum Gasteiger partial charge on any atom is -0.481 e. The summed E-state index contributed by atoms with van der Waals surface area (Å²) in [7, 11) is 2.24. The van der Waals surface area contributed by atoms with Gasteiger partial charge in [0.15, 0.2) is 0 Å². The molecule has 1 aliphatic carbocycles. The second kappa shape index (κ2) is 12.7. The Balaban J connectivity index is 0.00000196. The Labute approximate surface area is 182 Å². The van der Waals surface area contributed by atoms with Crippen molar-refractivity contribution in [3.63, 3.8) is 0 Å². The lowest BCUT2D eigenvalue weighted by Gasteiger charge is -2.34. The molecule has 1 aromatic carbocycles. The molecule has 1 heterocycles. The summed E-state index contributed by atoms with van der Waals surface area (Å²) in [4.78, 5) is 13.2. The van der Waals surface area contributed by atoms with Crippen molar-refractivity contribution in [3.8, 4) is 0 Å². The molecule has 1 aliphatic heterocycles. The highest BCUT2D eigenvalue weighted by molar-refractivity contribution is 5.85. The van der Waals surface area contributed by atoms with Gasteiger partial charge in [0, 0.05) is 19.0 Å². The Morgan fingerprint density at radius 2 is 1.64 bits per heavy atom. The third kappa shape index (κ3) is 7.55. The van der Waals surface area contributed by atoms with Gasteiger partial charge in [0.1, 0.15) is 0 Å². The lowest BCUT2D eigenvalue weighted by Crippen LogP contribution is -2.34. The molecule has 0 radical (unpaired) electrons. The van der Waals surface area contributed by atoms with Crippen LogP contribution >= 0.6 is 24.8 Å². The van der Waals surface area contributed by atoms with Gasteiger partial charge < -0.3 is 10.4 Å². The quantitative estimate of drug-likeness (QED) is 0.648. The molecule has 2 N–H and O–H groups in total. The van der Waals surface area contributed by atoms with Crippen LogP contribution in [0.1, 0.15) is 68.4 Å². The first-order valence-corrected chi connectivity index (χ1v) is 10.3. The highest BCUT2D eigenvalue weighted by Crippen LogP contribution is 2.31. The number of benzene rings is 1. The van der Waals surface area contributed by atoms with E-state index in [1.54, 1.807) is 0 Å². The van der Waals surface area contributed by atoms with E-state index in [0.29, 0.717) is 18.4 Å². The zero-order chi connectivity index (χ0) is 18.4. The third-order valence-electron chi connectivity index (χ3n) is 6.43. The van der Waals surface area contributed by atoms with Crippen molar-refractivity contribution in [3.05, 3.63) is 35.4 Å². The molecule has 6 heteroatoms. The van der Waals surface area contributed by atoms with Crippen LogP contribution in [0.2, 0.25) is 0 Å². The van der Waals surface area contributed by atoms with Crippen LogP contribution in [0.4, 0.5) is 0 Å². The summed E-state index contributed by atoms with van der Waals surface area (Å²) in [5.41, 5.74) is 2.90. The Kier molecular flexibility index (Phi) is 11.4. The molecule has 160 valence electrons. The fourth-order valence-electron chi connectivity index (χ4n) is 4.67. The standard InChI is InChI=1S/C22H34N2O2.2ClH/c1-24(21-9-4-17(5-10-21)6-11-22(25)26)16-18-2-7-19(8-3-18)20-12-14-23-15-13-20;;/h2-3,7-8,17,20-21,23H,4-6,9-16H2,1H3,(H,25,26);2*1H/t17-,21-;;. The molecular formula is C22H36Cl2N2O2. The van der Waals surface area contributed by atoms with Crippen LogP contribution in [0.25, 0.3) is 0 Å². The normalized spacial score (nSPS) is 22.9. The number of piperidine rings is 1. The fourth-order valence-corrected chi connectivity index (χ4v) is 4.67. The van der Waals surface area contributed by atoms with Gasteiger partial charge in [-0.25, -0.2) is 0 Å². The molecule has 4 nitrogen and oxygen atoms in total. The number of hydrogen-bond acceptors (Lipinski definition) is 3. The maximum atomic E-state index is 10.7. The van der Waals surface area contributed by atoms with Crippen molar-refractivity contribution < 1.29 is 9.90 Å². The lowest BCUT2D eigenvalue weighted by atomic mass is 9.83. The molecule has 0 amide bonds. The van der Waals surface area contributed by atoms with Gasteiger partial charge in [-0.3, -0.25) is 9.69 Å². The lowest BCUT2D eigenvalue weighted by molar-refractivity contribution is -0.137. The molecular weight excluding hydrogens is 395 g/mol. The van der Waals surface area contributed by atoms with Crippen LogP contribution in [-0.4, -0.2) is 42.2 Å². The molecule has 1 saturated carbocycles.